The Hall–Kier alpha value is -1.63. The Morgan fingerprint density at radius 2 is 2.00 bits per heavy atom. The molecule has 6 nitrogen and oxygen atoms in total. The number of aromatic nitrogens is 1. The number of likely N-dealkylation sites (tertiary alicyclic amines) is 1. The van der Waals surface area contributed by atoms with Gasteiger partial charge in [-0.2, -0.15) is 0 Å². The van der Waals surface area contributed by atoms with Gasteiger partial charge in [-0.3, -0.25) is 4.90 Å². The van der Waals surface area contributed by atoms with Crippen molar-refractivity contribution in [1.82, 2.24) is 9.88 Å². The van der Waals surface area contributed by atoms with Crippen LogP contribution in [0.15, 0.2) is 22.6 Å². The van der Waals surface area contributed by atoms with Crippen molar-refractivity contribution in [3.05, 3.63) is 24.1 Å². The normalized spacial score (nSPS) is 23.7. The van der Waals surface area contributed by atoms with E-state index in [-0.39, 0.29) is 12.2 Å². The van der Waals surface area contributed by atoms with Crippen molar-refractivity contribution in [1.29, 1.82) is 0 Å². The fourth-order valence-electron chi connectivity index (χ4n) is 2.68. The number of hydrogen-bond donors (Lipinski definition) is 1. The zero-order valence-electron chi connectivity index (χ0n) is 11.7. The molecule has 108 valence electrons. The van der Waals surface area contributed by atoms with Gasteiger partial charge in [0.15, 0.2) is 5.58 Å². The average molecular weight is 277 g/mol. The summed E-state index contributed by atoms with van der Waals surface area (Å²) in [5, 5.41) is 0. The first-order valence-corrected chi connectivity index (χ1v) is 6.63. The molecule has 1 aliphatic heterocycles. The molecule has 2 N–H and O–H groups in total. The third kappa shape index (κ3) is 2.37. The van der Waals surface area contributed by atoms with Crippen LogP contribution in [0.4, 0.5) is 5.69 Å². The molecular weight excluding hydrogens is 258 g/mol. The van der Waals surface area contributed by atoms with Crippen LogP contribution >= 0.6 is 0 Å². The van der Waals surface area contributed by atoms with Crippen molar-refractivity contribution in [2.45, 2.75) is 18.8 Å². The predicted molar refractivity (Wildman–Crippen MR) is 75.3 cm³/mol. The number of para-hydroxylation sites is 1. The summed E-state index contributed by atoms with van der Waals surface area (Å²) in [4.78, 5) is 6.67. The number of rotatable bonds is 4. The summed E-state index contributed by atoms with van der Waals surface area (Å²) in [7, 11) is 3.42. The molecule has 6 heteroatoms. The van der Waals surface area contributed by atoms with E-state index in [1.807, 2.05) is 18.2 Å². The van der Waals surface area contributed by atoms with Gasteiger partial charge >= 0.3 is 0 Å². The third-order valence-corrected chi connectivity index (χ3v) is 3.75. The number of nitrogens with two attached hydrogens (primary N) is 1. The lowest BCUT2D eigenvalue weighted by molar-refractivity contribution is -0.00461. The predicted octanol–water partition coefficient (Wildman–Crippen LogP) is 1.26. The van der Waals surface area contributed by atoms with Crippen molar-refractivity contribution in [2.24, 2.45) is 0 Å². The minimum atomic E-state index is 0.0921. The number of methoxy groups -OCH3 is 2. The molecule has 0 saturated carbocycles. The van der Waals surface area contributed by atoms with Crippen molar-refractivity contribution in [2.75, 3.05) is 33.0 Å². The lowest BCUT2D eigenvalue weighted by Gasteiger charge is -2.13. The monoisotopic (exact) mass is 277 g/mol. The van der Waals surface area contributed by atoms with Gasteiger partial charge in [0.05, 0.1) is 24.4 Å². The van der Waals surface area contributed by atoms with E-state index < -0.39 is 0 Å². The number of nitrogens with zero attached hydrogens (tertiary/aromatic N) is 2. The number of fused-ring (bicyclic) bond motifs is 1. The second-order valence-corrected chi connectivity index (χ2v) is 5.04. The Morgan fingerprint density at radius 1 is 1.30 bits per heavy atom. The maximum absolute atomic E-state index is 5.89. The molecule has 3 rings (SSSR count). The van der Waals surface area contributed by atoms with Crippen LogP contribution in [0.5, 0.6) is 0 Å². The number of oxazole rings is 1. The van der Waals surface area contributed by atoms with Gasteiger partial charge in [0.25, 0.3) is 0 Å². The summed E-state index contributed by atoms with van der Waals surface area (Å²) in [5.41, 5.74) is 7.99. The molecular formula is C14H19N3O3. The molecule has 0 aliphatic carbocycles. The minimum absolute atomic E-state index is 0.0921. The third-order valence-electron chi connectivity index (χ3n) is 3.75. The zero-order chi connectivity index (χ0) is 14.1. The second-order valence-electron chi connectivity index (χ2n) is 5.04. The van der Waals surface area contributed by atoms with Gasteiger partial charge in [0.1, 0.15) is 5.52 Å². The number of benzene rings is 1. The van der Waals surface area contributed by atoms with E-state index >= 15 is 0 Å². The van der Waals surface area contributed by atoms with E-state index in [0.717, 1.165) is 24.2 Å². The van der Waals surface area contributed by atoms with Gasteiger partial charge in [-0.25, -0.2) is 4.98 Å². The Balaban J connectivity index is 1.75. The highest BCUT2D eigenvalue weighted by Gasteiger charge is 2.33. The van der Waals surface area contributed by atoms with Crippen LogP contribution in [0.25, 0.3) is 11.1 Å². The summed E-state index contributed by atoms with van der Waals surface area (Å²) >= 11 is 0. The maximum Gasteiger partial charge on any atom is 0.209 e. The SMILES string of the molecule is COC1CN(Cc2nc3c(N)cccc3o2)CC1OC. The topological polar surface area (TPSA) is 73.8 Å². The van der Waals surface area contributed by atoms with Gasteiger partial charge in [0.2, 0.25) is 5.89 Å². The average Bonchev–Trinajstić information content (AvgIpc) is 3.03. The molecule has 1 aromatic heterocycles. The molecule has 1 aromatic carbocycles. The first kappa shape index (κ1) is 13.4. The van der Waals surface area contributed by atoms with E-state index in [1.165, 1.54) is 0 Å². The number of hydrogen-bond acceptors (Lipinski definition) is 6. The molecule has 1 fully saturated rings. The lowest BCUT2D eigenvalue weighted by atomic mass is 10.3. The molecule has 0 bridgehead atoms. The maximum atomic E-state index is 5.89. The molecule has 0 amide bonds. The van der Waals surface area contributed by atoms with E-state index in [2.05, 4.69) is 9.88 Å². The molecule has 1 saturated heterocycles. The molecule has 0 radical (unpaired) electrons. The van der Waals surface area contributed by atoms with Gasteiger partial charge in [-0.1, -0.05) is 6.07 Å². The standard InChI is InChI=1S/C14H19N3O3/c1-18-11-6-17(7-12(11)19-2)8-13-16-14-9(15)4-3-5-10(14)20-13/h3-5,11-12H,6-8,15H2,1-2H3. The van der Waals surface area contributed by atoms with Crippen molar-refractivity contribution in [3.63, 3.8) is 0 Å². The molecule has 1 aliphatic rings. The van der Waals surface area contributed by atoms with Crippen LogP contribution in [-0.4, -0.2) is 49.4 Å². The van der Waals surface area contributed by atoms with Gasteiger partial charge in [-0.15, -0.1) is 0 Å². The summed E-state index contributed by atoms with van der Waals surface area (Å²) in [6, 6.07) is 5.57. The van der Waals surface area contributed by atoms with Crippen molar-refractivity contribution < 1.29 is 13.9 Å². The van der Waals surface area contributed by atoms with Crippen LogP contribution in [0.3, 0.4) is 0 Å². The van der Waals surface area contributed by atoms with E-state index in [9.17, 15) is 0 Å². The Morgan fingerprint density at radius 3 is 2.60 bits per heavy atom. The van der Waals surface area contributed by atoms with Crippen molar-refractivity contribution in [3.8, 4) is 0 Å². The summed E-state index contributed by atoms with van der Waals surface area (Å²) in [5.74, 6) is 0.671. The highest BCUT2D eigenvalue weighted by Crippen LogP contribution is 2.23. The molecule has 2 aromatic rings. The van der Waals surface area contributed by atoms with Gasteiger partial charge in [-0.05, 0) is 12.1 Å². The second kappa shape index (κ2) is 5.40. The highest BCUT2D eigenvalue weighted by atomic mass is 16.5. The zero-order valence-corrected chi connectivity index (χ0v) is 11.7. The molecule has 2 unspecified atom stereocenters. The summed E-state index contributed by atoms with van der Waals surface area (Å²) in [6.45, 7) is 2.25. The Bertz CT molecular complexity index is 586. The van der Waals surface area contributed by atoms with Crippen LogP contribution in [0, 0.1) is 0 Å². The Labute approximate surface area is 117 Å². The van der Waals surface area contributed by atoms with Gasteiger partial charge in [0, 0.05) is 27.3 Å². The molecule has 0 spiro atoms. The minimum Gasteiger partial charge on any atom is -0.439 e. The number of ether oxygens (including phenoxy) is 2. The molecule has 2 atom stereocenters. The van der Waals surface area contributed by atoms with Crippen LogP contribution in [-0.2, 0) is 16.0 Å². The fourth-order valence-corrected chi connectivity index (χ4v) is 2.68. The van der Waals surface area contributed by atoms with E-state index in [4.69, 9.17) is 19.6 Å². The van der Waals surface area contributed by atoms with Gasteiger partial charge < -0.3 is 19.6 Å². The fraction of sp³-hybridized carbons (Fsp3) is 0.500. The molecule has 2 heterocycles. The smallest absolute Gasteiger partial charge is 0.209 e. The largest absolute Gasteiger partial charge is 0.439 e. The van der Waals surface area contributed by atoms with Crippen LogP contribution in [0.1, 0.15) is 5.89 Å². The Kier molecular flexibility index (Phi) is 3.60. The van der Waals surface area contributed by atoms with E-state index in [0.29, 0.717) is 18.1 Å². The van der Waals surface area contributed by atoms with E-state index in [1.54, 1.807) is 14.2 Å². The number of anilines is 1. The number of nitrogen functional groups attached to an aromatic ring is 1. The highest BCUT2D eigenvalue weighted by molar-refractivity contribution is 5.85. The molecule has 20 heavy (non-hydrogen) atoms. The van der Waals surface area contributed by atoms with Crippen LogP contribution in [0.2, 0.25) is 0 Å². The summed E-state index contributed by atoms with van der Waals surface area (Å²) in [6.07, 6.45) is 0.184. The summed E-state index contributed by atoms with van der Waals surface area (Å²) < 4.78 is 16.6. The first-order chi connectivity index (χ1) is 9.71. The van der Waals surface area contributed by atoms with Crippen molar-refractivity contribution >= 4 is 16.8 Å². The lowest BCUT2D eigenvalue weighted by Crippen LogP contribution is -2.27. The quantitative estimate of drug-likeness (QED) is 0.848. The van der Waals surface area contributed by atoms with Crippen LogP contribution < -0.4 is 5.73 Å². The first-order valence-electron chi connectivity index (χ1n) is 6.63.